The van der Waals surface area contributed by atoms with E-state index in [9.17, 15) is 0 Å². The molecule has 2 heterocycles. The monoisotopic (exact) mass is 256 g/mol. The van der Waals surface area contributed by atoms with Crippen LogP contribution in [0.3, 0.4) is 0 Å². The van der Waals surface area contributed by atoms with Gasteiger partial charge in [0.1, 0.15) is 5.82 Å². The topological polar surface area (TPSA) is 16.1 Å². The van der Waals surface area contributed by atoms with Crippen molar-refractivity contribution in [1.29, 1.82) is 0 Å². The van der Waals surface area contributed by atoms with Crippen LogP contribution in [0.25, 0.3) is 0 Å². The van der Waals surface area contributed by atoms with Crippen LogP contribution in [0.15, 0.2) is 18.3 Å². The number of hydrogen-bond donors (Lipinski definition) is 0. The number of rotatable bonds is 1. The Hall–Kier alpha value is -0.410. The quantitative estimate of drug-likeness (QED) is 0.766. The fourth-order valence-corrected chi connectivity index (χ4v) is 3.02. The molecule has 0 aromatic carbocycles. The third kappa shape index (κ3) is 3.05. The first-order chi connectivity index (χ1) is 7.57. The Morgan fingerprint density at radius 2 is 2.19 bits per heavy atom. The van der Waals surface area contributed by atoms with Crippen molar-refractivity contribution in [3.8, 4) is 0 Å². The summed E-state index contributed by atoms with van der Waals surface area (Å²) in [6, 6.07) is 3.92. The molecular weight excluding hydrogens is 240 g/mol. The second-order valence-corrected chi connectivity index (χ2v) is 6.92. The van der Waals surface area contributed by atoms with Gasteiger partial charge in [-0.2, -0.15) is 11.8 Å². The fourth-order valence-electron chi connectivity index (χ4n) is 1.80. The SMILES string of the molecule is CC1(C)CCN(c2ccc(Cl)cn2)CCS1. The van der Waals surface area contributed by atoms with Crippen LogP contribution in [0.1, 0.15) is 20.3 Å². The molecule has 0 aliphatic carbocycles. The lowest BCUT2D eigenvalue weighted by atomic mass is 10.1. The number of thioether (sulfide) groups is 1. The molecule has 1 aliphatic rings. The highest BCUT2D eigenvalue weighted by Crippen LogP contribution is 2.31. The molecule has 1 aliphatic heterocycles. The van der Waals surface area contributed by atoms with Crippen molar-refractivity contribution in [2.75, 3.05) is 23.7 Å². The minimum atomic E-state index is 0.390. The van der Waals surface area contributed by atoms with Gasteiger partial charge in [-0.1, -0.05) is 25.4 Å². The molecule has 0 saturated carbocycles. The van der Waals surface area contributed by atoms with E-state index in [-0.39, 0.29) is 0 Å². The molecular formula is C12H17ClN2S. The number of nitrogens with zero attached hydrogens (tertiary/aromatic N) is 2. The molecule has 0 unspecified atom stereocenters. The Bertz CT molecular complexity index is 351. The first-order valence-corrected chi connectivity index (χ1v) is 6.94. The van der Waals surface area contributed by atoms with E-state index in [1.807, 2.05) is 23.9 Å². The maximum atomic E-state index is 5.84. The molecule has 0 N–H and O–H groups in total. The zero-order valence-corrected chi connectivity index (χ0v) is 11.3. The van der Waals surface area contributed by atoms with E-state index in [4.69, 9.17) is 11.6 Å². The molecule has 16 heavy (non-hydrogen) atoms. The van der Waals surface area contributed by atoms with E-state index < -0.39 is 0 Å². The number of aromatic nitrogens is 1. The summed E-state index contributed by atoms with van der Waals surface area (Å²) in [7, 11) is 0. The maximum absolute atomic E-state index is 5.84. The van der Waals surface area contributed by atoms with Crippen LogP contribution < -0.4 is 4.90 Å². The third-order valence-electron chi connectivity index (χ3n) is 2.87. The Balaban J connectivity index is 2.08. The first kappa shape index (κ1) is 12.1. The van der Waals surface area contributed by atoms with E-state index in [0.29, 0.717) is 9.77 Å². The van der Waals surface area contributed by atoms with Crippen LogP contribution in [0, 0.1) is 0 Å². The molecule has 1 aromatic rings. The van der Waals surface area contributed by atoms with Gasteiger partial charge in [-0.3, -0.25) is 0 Å². The van der Waals surface area contributed by atoms with Crippen LogP contribution >= 0.6 is 23.4 Å². The lowest BCUT2D eigenvalue weighted by molar-refractivity contribution is 0.635. The molecule has 0 amide bonds. The van der Waals surface area contributed by atoms with E-state index in [0.717, 1.165) is 24.7 Å². The summed E-state index contributed by atoms with van der Waals surface area (Å²) in [5, 5.41) is 0.702. The Labute approximate surface area is 106 Å². The lowest BCUT2D eigenvalue weighted by Gasteiger charge is -2.23. The predicted molar refractivity (Wildman–Crippen MR) is 72.6 cm³/mol. The van der Waals surface area contributed by atoms with E-state index >= 15 is 0 Å². The molecule has 2 rings (SSSR count). The third-order valence-corrected chi connectivity index (χ3v) is 4.47. The highest BCUT2D eigenvalue weighted by molar-refractivity contribution is 8.00. The van der Waals surface area contributed by atoms with Crippen molar-refractivity contribution in [3.05, 3.63) is 23.4 Å². The number of pyridine rings is 1. The normalized spacial score (nSPS) is 20.6. The van der Waals surface area contributed by atoms with Crippen LogP contribution in [0.2, 0.25) is 5.02 Å². The Kier molecular flexibility index (Phi) is 3.65. The second kappa shape index (κ2) is 4.84. The van der Waals surface area contributed by atoms with Crippen molar-refractivity contribution in [2.45, 2.75) is 25.0 Å². The molecule has 1 saturated heterocycles. The number of anilines is 1. The van der Waals surface area contributed by atoms with Gasteiger partial charge in [0.05, 0.1) is 5.02 Å². The summed E-state index contributed by atoms with van der Waals surface area (Å²) in [5.41, 5.74) is 0. The first-order valence-electron chi connectivity index (χ1n) is 5.57. The van der Waals surface area contributed by atoms with Gasteiger partial charge in [0.25, 0.3) is 0 Å². The summed E-state index contributed by atoms with van der Waals surface area (Å²) < 4.78 is 0.390. The van der Waals surface area contributed by atoms with Gasteiger partial charge in [0.15, 0.2) is 0 Å². The molecule has 0 spiro atoms. The molecule has 1 aromatic heterocycles. The van der Waals surface area contributed by atoms with Crippen LogP contribution in [-0.4, -0.2) is 28.6 Å². The molecule has 88 valence electrons. The van der Waals surface area contributed by atoms with Crippen molar-refractivity contribution in [1.82, 2.24) is 4.98 Å². The van der Waals surface area contributed by atoms with Crippen LogP contribution in [0.4, 0.5) is 5.82 Å². The fraction of sp³-hybridized carbons (Fsp3) is 0.583. The van der Waals surface area contributed by atoms with Gasteiger partial charge in [-0.15, -0.1) is 0 Å². The van der Waals surface area contributed by atoms with Crippen LogP contribution in [0.5, 0.6) is 0 Å². The minimum absolute atomic E-state index is 0.390. The summed E-state index contributed by atoms with van der Waals surface area (Å²) in [6.45, 7) is 6.78. The Morgan fingerprint density at radius 3 is 2.88 bits per heavy atom. The number of hydrogen-bond acceptors (Lipinski definition) is 3. The van der Waals surface area contributed by atoms with Gasteiger partial charge in [-0.25, -0.2) is 4.98 Å². The maximum Gasteiger partial charge on any atom is 0.128 e. The average molecular weight is 257 g/mol. The van der Waals surface area contributed by atoms with Gasteiger partial charge >= 0.3 is 0 Å². The molecule has 0 radical (unpaired) electrons. The lowest BCUT2D eigenvalue weighted by Crippen LogP contribution is -2.27. The van der Waals surface area contributed by atoms with E-state index in [1.54, 1.807) is 6.20 Å². The standard InChI is InChI=1S/C12H17ClN2S/c1-12(2)5-6-15(7-8-16-12)11-4-3-10(13)9-14-11/h3-4,9H,5-8H2,1-2H3. The van der Waals surface area contributed by atoms with Gasteiger partial charge < -0.3 is 4.90 Å². The number of halogens is 1. The van der Waals surface area contributed by atoms with Gasteiger partial charge in [0, 0.05) is 29.8 Å². The second-order valence-electron chi connectivity index (χ2n) is 4.68. The summed E-state index contributed by atoms with van der Waals surface area (Å²) >= 11 is 7.89. The summed E-state index contributed by atoms with van der Waals surface area (Å²) in [4.78, 5) is 6.72. The van der Waals surface area contributed by atoms with E-state index in [1.165, 1.54) is 6.42 Å². The molecule has 4 heteroatoms. The zero-order valence-electron chi connectivity index (χ0n) is 9.74. The largest absolute Gasteiger partial charge is 0.356 e. The van der Waals surface area contributed by atoms with Gasteiger partial charge in [-0.05, 0) is 18.6 Å². The highest BCUT2D eigenvalue weighted by atomic mass is 35.5. The molecule has 0 bridgehead atoms. The van der Waals surface area contributed by atoms with Crippen molar-refractivity contribution in [3.63, 3.8) is 0 Å². The van der Waals surface area contributed by atoms with Crippen LogP contribution in [-0.2, 0) is 0 Å². The zero-order chi connectivity index (χ0) is 11.6. The minimum Gasteiger partial charge on any atom is -0.356 e. The predicted octanol–water partition coefficient (Wildman–Crippen LogP) is 3.46. The van der Waals surface area contributed by atoms with Crippen molar-refractivity contribution in [2.24, 2.45) is 0 Å². The highest BCUT2D eigenvalue weighted by Gasteiger charge is 2.23. The van der Waals surface area contributed by atoms with Crippen molar-refractivity contribution < 1.29 is 0 Å². The van der Waals surface area contributed by atoms with Crippen molar-refractivity contribution >= 4 is 29.2 Å². The molecule has 0 atom stereocenters. The molecule has 1 fully saturated rings. The van der Waals surface area contributed by atoms with E-state index in [2.05, 4.69) is 23.7 Å². The average Bonchev–Trinajstić information content (AvgIpc) is 2.41. The summed E-state index contributed by atoms with van der Waals surface area (Å²) in [6.07, 6.45) is 2.92. The Morgan fingerprint density at radius 1 is 1.38 bits per heavy atom. The van der Waals surface area contributed by atoms with Gasteiger partial charge in [0.2, 0.25) is 0 Å². The summed E-state index contributed by atoms with van der Waals surface area (Å²) in [5.74, 6) is 2.21. The molecule has 2 nitrogen and oxygen atoms in total. The smallest absolute Gasteiger partial charge is 0.128 e.